The fourth-order valence-corrected chi connectivity index (χ4v) is 2.60. The van der Waals surface area contributed by atoms with Gasteiger partial charge in [-0.15, -0.1) is 0 Å². The van der Waals surface area contributed by atoms with Crippen molar-refractivity contribution >= 4 is 5.78 Å². The second-order valence-corrected chi connectivity index (χ2v) is 5.96. The number of hydrogen-bond donors (Lipinski definition) is 1. The lowest BCUT2D eigenvalue weighted by Gasteiger charge is -2.11. The monoisotopic (exact) mass is 305 g/mol. The van der Waals surface area contributed by atoms with E-state index in [2.05, 4.69) is 6.92 Å². The number of Topliss-reactive ketones (excluding diaryl/α,β-unsaturated/α-hetero) is 1. The van der Waals surface area contributed by atoms with E-state index in [1.807, 2.05) is 0 Å². The maximum Gasteiger partial charge on any atom is 0.179 e. The number of ether oxygens (including phenoxy) is 1. The minimum absolute atomic E-state index is 0.0330. The second-order valence-electron chi connectivity index (χ2n) is 5.96. The lowest BCUT2D eigenvalue weighted by atomic mass is 9.99. The van der Waals surface area contributed by atoms with Gasteiger partial charge in [-0.2, -0.15) is 0 Å². The van der Waals surface area contributed by atoms with E-state index in [0.29, 0.717) is 5.56 Å². The summed E-state index contributed by atoms with van der Waals surface area (Å²) in [7, 11) is 1.62. The normalized spacial score (nSPS) is 12.1. The smallest absolute Gasteiger partial charge is 0.179 e. The number of carbonyl (C=O) groups is 1. The fraction of sp³-hybridized carbons (Fsp3) is 0.632. The van der Waals surface area contributed by atoms with Crippen molar-refractivity contribution in [1.82, 2.24) is 0 Å². The molecule has 124 valence electrons. The summed E-state index contributed by atoms with van der Waals surface area (Å²) in [5.74, 6) is 0.791. The van der Waals surface area contributed by atoms with Crippen molar-refractivity contribution in [2.45, 2.75) is 70.8 Å². The molecule has 1 aromatic carbocycles. The van der Waals surface area contributed by atoms with Crippen molar-refractivity contribution in [3.8, 4) is 5.75 Å². The first-order chi connectivity index (χ1) is 10.7. The topological polar surface area (TPSA) is 52.3 Å². The van der Waals surface area contributed by atoms with Crippen LogP contribution in [-0.2, 0) is 0 Å². The Balaban J connectivity index is 2.18. The van der Waals surface area contributed by atoms with E-state index >= 15 is 0 Å². The molecule has 0 unspecified atom stereocenters. The third-order valence-electron chi connectivity index (χ3n) is 4.08. The van der Waals surface area contributed by atoms with Gasteiger partial charge >= 0.3 is 0 Å². The first-order valence-corrected chi connectivity index (χ1v) is 8.63. The van der Waals surface area contributed by atoms with Gasteiger partial charge in [0, 0.05) is 5.56 Å². The summed E-state index contributed by atoms with van der Waals surface area (Å²) in [6, 6.07) is 6.80. The van der Waals surface area contributed by atoms with Crippen LogP contribution in [0.2, 0.25) is 0 Å². The van der Waals surface area contributed by atoms with Crippen LogP contribution < -0.4 is 10.5 Å². The van der Waals surface area contributed by atoms with E-state index in [1.54, 1.807) is 31.4 Å². The molecule has 0 bridgehead atoms. The number of hydrogen-bond acceptors (Lipinski definition) is 3. The predicted molar refractivity (Wildman–Crippen MR) is 92.5 cm³/mol. The van der Waals surface area contributed by atoms with Gasteiger partial charge in [0.05, 0.1) is 13.2 Å². The zero-order valence-electron chi connectivity index (χ0n) is 14.1. The summed E-state index contributed by atoms with van der Waals surface area (Å²) in [5.41, 5.74) is 6.69. The molecule has 0 fully saturated rings. The molecule has 0 aromatic heterocycles. The lowest BCUT2D eigenvalue weighted by Crippen LogP contribution is -2.30. The van der Waals surface area contributed by atoms with Crippen molar-refractivity contribution in [3.63, 3.8) is 0 Å². The van der Waals surface area contributed by atoms with Gasteiger partial charge in [0.2, 0.25) is 0 Å². The maximum atomic E-state index is 12.2. The molecule has 1 atom stereocenters. The quantitative estimate of drug-likeness (QED) is 0.448. The Bertz CT molecular complexity index is 414. The summed E-state index contributed by atoms with van der Waals surface area (Å²) in [5, 5.41) is 0. The standard InChI is InChI=1S/C19H31NO2/c1-3-4-5-6-7-8-9-10-11-18(20)19(21)16-12-14-17(22-2)15-13-16/h12-15,18H,3-11,20H2,1-2H3/t18-/m0/s1. The molecule has 0 aliphatic rings. The molecular weight excluding hydrogens is 274 g/mol. The first-order valence-electron chi connectivity index (χ1n) is 8.63. The maximum absolute atomic E-state index is 12.2. The Kier molecular flexibility index (Phi) is 9.56. The van der Waals surface area contributed by atoms with Crippen LogP contribution in [0.5, 0.6) is 5.75 Å². The Hall–Kier alpha value is -1.35. The lowest BCUT2D eigenvalue weighted by molar-refractivity contribution is 0.0956. The van der Waals surface area contributed by atoms with Crippen LogP contribution in [0.3, 0.4) is 0 Å². The number of methoxy groups -OCH3 is 1. The fourth-order valence-electron chi connectivity index (χ4n) is 2.60. The van der Waals surface area contributed by atoms with Gasteiger partial charge in [-0.1, -0.05) is 58.3 Å². The van der Waals surface area contributed by atoms with Crippen molar-refractivity contribution in [2.75, 3.05) is 7.11 Å². The molecule has 0 amide bonds. The molecule has 3 nitrogen and oxygen atoms in total. The van der Waals surface area contributed by atoms with Gasteiger partial charge in [-0.25, -0.2) is 0 Å². The van der Waals surface area contributed by atoms with Crippen molar-refractivity contribution in [2.24, 2.45) is 5.73 Å². The predicted octanol–water partition coefficient (Wildman–Crippen LogP) is 4.74. The Morgan fingerprint density at radius 2 is 1.55 bits per heavy atom. The third kappa shape index (κ3) is 7.08. The molecule has 0 aliphatic carbocycles. The number of unbranched alkanes of at least 4 members (excludes halogenated alkanes) is 7. The molecule has 0 saturated carbocycles. The Morgan fingerprint density at radius 1 is 1.00 bits per heavy atom. The number of benzene rings is 1. The van der Waals surface area contributed by atoms with E-state index in [-0.39, 0.29) is 11.8 Å². The number of ketones is 1. The summed E-state index contributed by atoms with van der Waals surface area (Å²) in [6.45, 7) is 2.24. The van der Waals surface area contributed by atoms with Crippen LogP contribution in [-0.4, -0.2) is 18.9 Å². The number of carbonyl (C=O) groups excluding carboxylic acids is 1. The molecule has 0 aliphatic heterocycles. The number of nitrogens with two attached hydrogens (primary N) is 1. The molecule has 22 heavy (non-hydrogen) atoms. The van der Waals surface area contributed by atoms with Crippen LogP contribution >= 0.6 is 0 Å². The van der Waals surface area contributed by atoms with Crippen LogP contribution in [0, 0.1) is 0 Å². The first kappa shape index (κ1) is 18.7. The Labute approximate surface area is 135 Å². The number of rotatable bonds is 12. The molecule has 1 rings (SSSR count). The van der Waals surface area contributed by atoms with Crippen LogP contribution in [0.4, 0.5) is 0 Å². The van der Waals surface area contributed by atoms with Gasteiger partial charge in [0.1, 0.15) is 5.75 Å². The van der Waals surface area contributed by atoms with Crippen molar-refractivity contribution < 1.29 is 9.53 Å². The van der Waals surface area contributed by atoms with E-state index < -0.39 is 0 Å². The van der Waals surface area contributed by atoms with Gasteiger partial charge in [0.25, 0.3) is 0 Å². The van der Waals surface area contributed by atoms with Crippen LogP contribution in [0.25, 0.3) is 0 Å². The minimum atomic E-state index is -0.381. The molecule has 2 N–H and O–H groups in total. The Morgan fingerprint density at radius 3 is 2.09 bits per heavy atom. The minimum Gasteiger partial charge on any atom is -0.497 e. The SMILES string of the molecule is CCCCCCCCCC[C@H](N)C(=O)c1ccc(OC)cc1. The van der Waals surface area contributed by atoms with Gasteiger partial charge in [0.15, 0.2) is 5.78 Å². The molecular formula is C19H31NO2. The van der Waals surface area contributed by atoms with Gasteiger partial charge in [-0.3, -0.25) is 4.79 Å². The highest BCUT2D eigenvalue weighted by molar-refractivity contribution is 6.00. The third-order valence-corrected chi connectivity index (χ3v) is 4.08. The van der Waals surface area contributed by atoms with E-state index in [4.69, 9.17) is 10.5 Å². The highest BCUT2D eigenvalue weighted by Gasteiger charge is 2.15. The average Bonchev–Trinajstić information content (AvgIpc) is 2.56. The molecule has 0 heterocycles. The molecule has 1 aromatic rings. The second kappa shape index (κ2) is 11.2. The molecule has 0 spiro atoms. The van der Waals surface area contributed by atoms with E-state index in [0.717, 1.165) is 18.6 Å². The largest absolute Gasteiger partial charge is 0.497 e. The summed E-state index contributed by atoms with van der Waals surface area (Å²) < 4.78 is 5.09. The highest BCUT2D eigenvalue weighted by atomic mass is 16.5. The summed E-state index contributed by atoms with van der Waals surface area (Å²) >= 11 is 0. The van der Waals surface area contributed by atoms with Crippen molar-refractivity contribution in [1.29, 1.82) is 0 Å². The van der Waals surface area contributed by atoms with Crippen molar-refractivity contribution in [3.05, 3.63) is 29.8 Å². The zero-order valence-corrected chi connectivity index (χ0v) is 14.1. The van der Waals surface area contributed by atoms with Crippen LogP contribution in [0.15, 0.2) is 24.3 Å². The average molecular weight is 305 g/mol. The van der Waals surface area contributed by atoms with Crippen LogP contribution in [0.1, 0.15) is 75.1 Å². The summed E-state index contributed by atoms with van der Waals surface area (Å²) in [6.07, 6.45) is 10.9. The van der Waals surface area contributed by atoms with E-state index in [1.165, 1.54) is 44.9 Å². The molecule has 0 radical (unpaired) electrons. The highest BCUT2D eigenvalue weighted by Crippen LogP contribution is 2.15. The molecule has 3 heteroatoms. The molecule has 0 saturated heterocycles. The zero-order chi connectivity index (χ0) is 16.2. The van der Waals surface area contributed by atoms with E-state index in [9.17, 15) is 4.79 Å². The van der Waals surface area contributed by atoms with Gasteiger partial charge < -0.3 is 10.5 Å². The summed E-state index contributed by atoms with van der Waals surface area (Å²) in [4.78, 5) is 12.2. The van der Waals surface area contributed by atoms with Gasteiger partial charge in [-0.05, 0) is 30.7 Å².